The van der Waals surface area contributed by atoms with Crippen LogP contribution in [-0.4, -0.2) is 44.0 Å². The molecule has 0 aromatic heterocycles. The fraction of sp³-hybridized carbons (Fsp3) is 0.381. The molecule has 2 rings (SSSR count). The van der Waals surface area contributed by atoms with Crippen molar-refractivity contribution in [3.63, 3.8) is 0 Å². The number of benzene rings is 2. The van der Waals surface area contributed by atoms with Gasteiger partial charge in [-0.2, -0.15) is 4.31 Å². The standard InChI is InChI=1S/C21H28N2O3S2/c1-15(2)23(5)28(25,26)20-8-6-7-18(14-20)21(24)22-11-12-27-19-10-9-16(3)17(4)13-19/h6-10,13-15H,11-12H2,1-5H3,(H,22,24). The van der Waals surface area contributed by atoms with Gasteiger partial charge < -0.3 is 5.32 Å². The SMILES string of the molecule is Cc1ccc(SCCNC(=O)c2cccc(S(=O)(=O)N(C)C(C)C)c2)cc1C. The van der Waals surface area contributed by atoms with E-state index >= 15 is 0 Å². The first kappa shape index (κ1) is 22.5. The summed E-state index contributed by atoms with van der Waals surface area (Å²) < 4.78 is 26.5. The molecule has 1 N–H and O–H groups in total. The number of nitrogens with zero attached hydrogens (tertiary/aromatic N) is 1. The van der Waals surface area contributed by atoms with Crippen LogP contribution in [0.2, 0.25) is 0 Å². The van der Waals surface area contributed by atoms with Crippen LogP contribution in [0.5, 0.6) is 0 Å². The minimum Gasteiger partial charge on any atom is -0.351 e. The van der Waals surface area contributed by atoms with Gasteiger partial charge in [0.2, 0.25) is 10.0 Å². The molecule has 0 saturated heterocycles. The normalized spacial score (nSPS) is 11.8. The molecular weight excluding hydrogens is 392 g/mol. The second-order valence-electron chi connectivity index (χ2n) is 6.99. The predicted octanol–water partition coefficient (Wildman–Crippen LogP) is 3.85. The first-order valence-corrected chi connectivity index (χ1v) is 11.6. The largest absolute Gasteiger partial charge is 0.351 e. The lowest BCUT2D eigenvalue weighted by Gasteiger charge is -2.21. The van der Waals surface area contributed by atoms with Gasteiger partial charge in [0.1, 0.15) is 0 Å². The van der Waals surface area contributed by atoms with Gasteiger partial charge in [-0.05, 0) is 69.2 Å². The maximum Gasteiger partial charge on any atom is 0.251 e. The number of amides is 1. The number of nitrogens with one attached hydrogen (secondary N) is 1. The Morgan fingerprint density at radius 1 is 1.11 bits per heavy atom. The van der Waals surface area contributed by atoms with Crippen LogP contribution >= 0.6 is 11.8 Å². The predicted molar refractivity (Wildman–Crippen MR) is 116 cm³/mol. The molecule has 0 spiro atoms. The Balaban J connectivity index is 1.96. The lowest BCUT2D eigenvalue weighted by atomic mass is 10.1. The topological polar surface area (TPSA) is 66.5 Å². The molecule has 0 saturated carbocycles. The Hall–Kier alpha value is -1.83. The summed E-state index contributed by atoms with van der Waals surface area (Å²) in [6.07, 6.45) is 0. The molecule has 2 aromatic carbocycles. The van der Waals surface area contributed by atoms with E-state index in [1.165, 1.54) is 39.5 Å². The molecule has 0 atom stereocenters. The van der Waals surface area contributed by atoms with Crippen molar-refractivity contribution in [2.45, 2.75) is 43.5 Å². The molecule has 0 heterocycles. The van der Waals surface area contributed by atoms with Crippen molar-refractivity contribution in [2.75, 3.05) is 19.3 Å². The van der Waals surface area contributed by atoms with Gasteiger partial charge in [0.05, 0.1) is 4.90 Å². The number of hydrogen-bond acceptors (Lipinski definition) is 4. The molecule has 7 heteroatoms. The molecule has 0 radical (unpaired) electrons. The van der Waals surface area contributed by atoms with Gasteiger partial charge in [0.15, 0.2) is 0 Å². The van der Waals surface area contributed by atoms with E-state index in [1.807, 2.05) is 0 Å². The van der Waals surface area contributed by atoms with Gasteiger partial charge in [-0.3, -0.25) is 4.79 Å². The summed E-state index contributed by atoms with van der Waals surface area (Å²) in [6, 6.07) is 12.3. The summed E-state index contributed by atoms with van der Waals surface area (Å²) in [5.41, 5.74) is 2.85. The van der Waals surface area contributed by atoms with Gasteiger partial charge in [0, 0.05) is 35.8 Å². The Bertz CT molecular complexity index is 940. The minimum absolute atomic E-state index is 0.126. The van der Waals surface area contributed by atoms with Crippen LogP contribution in [0.15, 0.2) is 52.3 Å². The van der Waals surface area contributed by atoms with Gasteiger partial charge >= 0.3 is 0 Å². The minimum atomic E-state index is -3.61. The Labute approximate surface area is 172 Å². The van der Waals surface area contributed by atoms with Gasteiger partial charge in [0.25, 0.3) is 5.91 Å². The monoisotopic (exact) mass is 420 g/mol. The Morgan fingerprint density at radius 3 is 2.46 bits per heavy atom. The summed E-state index contributed by atoms with van der Waals surface area (Å²) in [5.74, 6) is 0.465. The van der Waals surface area contributed by atoms with E-state index < -0.39 is 10.0 Å². The molecule has 5 nitrogen and oxygen atoms in total. The third-order valence-electron chi connectivity index (χ3n) is 4.64. The van der Waals surface area contributed by atoms with E-state index in [0.29, 0.717) is 12.1 Å². The first-order valence-electron chi connectivity index (χ1n) is 9.19. The molecule has 0 aliphatic rings. The third kappa shape index (κ3) is 5.59. The molecular formula is C21H28N2O3S2. The van der Waals surface area contributed by atoms with Crippen LogP contribution in [0.3, 0.4) is 0 Å². The molecule has 0 fully saturated rings. The zero-order valence-corrected chi connectivity index (χ0v) is 18.7. The van der Waals surface area contributed by atoms with E-state index in [4.69, 9.17) is 0 Å². The number of carbonyl (C=O) groups excluding carboxylic acids is 1. The quantitative estimate of drug-likeness (QED) is 0.520. The second kappa shape index (κ2) is 9.58. The van der Waals surface area contributed by atoms with Crippen molar-refractivity contribution in [3.05, 3.63) is 59.2 Å². The summed E-state index contributed by atoms with van der Waals surface area (Å²) in [6.45, 7) is 8.28. The van der Waals surface area contributed by atoms with Crippen LogP contribution in [0.25, 0.3) is 0 Å². The summed E-state index contributed by atoms with van der Waals surface area (Å²) in [7, 11) is -2.08. The van der Waals surface area contributed by atoms with Crippen LogP contribution in [0, 0.1) is 13.8 Å². The van der Waals surface area contributed by atoms with E-state index in [2.05, 4.69) is 37.4 Å². The number of carbonyl (C=O) groups is 1. The maximum atomic E-state index is 12.6. The molecule has 1 amide bonds. The first-order chi connectivity index (χ1) is 13.1. The third-order valence-corrected chi connectivity index (χ3v) is 7.66. The fourth-order valence-electron chi connectivity index (χ4n) is 2.48. The molecule has 28 heavy (non-hydrogen) atoms. The van der Waals surface area contributed by atoms with Crippen LogP contribution < -0.4 is 5.32 Å². The molecule has 2 aromatic rings. The highest BCUT2D eigenvalue weighted by molar-refractivity contribution is 7.99. The average molecular weight is 421 g/mol. The van der Waals surface area contributed by atoms with Crippen molar-refractivity contribution in [3.8, 4) is 0 Å². The number of rotatable bonds is 8. The van der Waals surface area contributed by atoms with Crippen molar-refractivity contribution in [1.82, 2.24) is 9.62 Å². The zero-order valence-electron chi connectivity index (χ0n) is 17.0. The Morgan fingerprint density at radius 2 is 1.82 bits per heavy atom. The second-order valence-corrected chi connectivity index (χ2v) is 10.2. The lowest BCUT2D eigenvalue weighted by Crippen LogP contribution is -2.33. The number of hydrogen-bond donors (Lipinski definition) is 1. The van der Waals surface area contributed by atoms with Crippen molar-refractivity contribution in [1.29, 1.82) is 0 Å². The number of thioether (sulfide) groups is 1. The van der Waals surface area contributed by atoms with Crippen LogP contribution in [-0.2, 0) is 10.0 Å². The number of sulfonamides is 1. The van der Waals surface area contributed by atoms with E-state index in [9.17, 15) is 13.2 Å². The summed E-state index contributed by atoms with van der Waals surface area (Å²) in [4.78, 5) is 13.7. The highest BCUT2D eigenvalue weighted by Gasteiger charge is 2.23. The fourth-order valence-corrected chi connectivity index (χ4v) is 4.76. The smallest absolute Gasteiger partial charge is 0.251 e. The average Bonchev–Trinajstić information content (AvgIpc) is 2.67. The summed E-state index contributed by atoms with van der Waals surface area (Å²) >= 11 is 1.68. The molecule has 0 unspecified atom stereocenters. The van der Waals surface area contributed by atoms with E-state index in [-0.39, 0.29) is 16.8 Å². The number of aryl methyl sites for hydroxylation is 2. The van der Waals surface area contributed by atoms with E-state index in [1.54, 1.807) is 37.7 Å². The van der Waals surface area contributed by atoms with Gasteiger partial charge in [-0.15, -0.1) is 11.8 Å². The van der Waals surface area contributed by atoms with Crippen LogP contribution in [0.4, 0.5) is 0 Å². The molecule has 152 valence electrons. The van der Waals surface area contributed by atoms with Crippen LogP contribution in [0.1, 0.15) is 35.3 Å². The highest BCUT2D eigenvalue weighted by Crippen LogP contribution is 2.21. The summed E-state index contributed by atoms with van der Waals surface area (Å²) in [5, 5.41) is 2.86. The lowest BCUT2D eigenvalue weighted by molar-refractivity contribution is 0.0956. The highest BCUT2D eigenvalue weighted by atomic mass is 32.2. The van der Waals surface area contributed by atoms with E-state index in [0.717, 1.165) is 5.75 Å². The van der Waals surface area contributed by atoms with Crippen molar-refractivity contribution in [2.24, 2.45) is 0 Å². The molecule has 0 aliphatic heterocycles. The van der Waals surface area contributed by atoms with Crippen molar-refractivity contribution < 1.29 is 13.2 Å². The Kier molecular flexibility index (Phi) is 7.69. The van der Waals surface area contributed by atoms with Gasteiger partial charge in [-0.1, -0.05) is 12.1 Å². The van der Waals surface area contributed by atoms with Gasteiger partial charge in [-0.25, -0.2) is 8.42 Å². The molecule has 0 bridgehead atoms. The van der Waals surface area contributed by atoms with Crippen molar-refractivity contribution >= 4 is 27.7 Å². The molecule has 0 aliphatic carbocycles. The maximum absolute atomic E-state index is 12.6. The zero-order chi connectivity index (χ0) is 20.9.